The number of rotatable bonds is 4. The molecule has 0 atom stereocenters. The van der Waals surface area contributed by atoms with Gasteiger partial charge in [-0.05, 0) is 27.5 Å². The number of hydrogen-bond acceptors (Lipinski definition) is 7. The van der Waals surface area contributed by atoms with Crippen molar-refractivity contribution in [3.8, 4) is 0 Å². The molecule has 6 nitrogen and oxygen atoms in total. The molecule has 0 N–H and O–H groups in total. The van der Waals surface area contributed by atoms with Gasteiger partial charge in [-0.15, -0.1) is 5.10 Å². The minimum atomic E-state index is -0.366. The molecule has 0 amide bonds. The lowest BCUT2D eigenvalue weighted by molar-refractivity contribution is -0.141. The number of ether oxygens (including phenoxy) is 1. The van der Waals surface area contributed by atoms with Crippen LogP contribution in [0.25, 0.3) is 0 Å². The van der Waals surface area contributed by atoms with Gasteiger partial charge in [0.2, 0.25) is 5.16 Å². The Bertz CT molecular complexity index is 290. The summed E-state index contributed by atoms with van der Waals surface area (Å²) in [7, 11) is 4.23. The van der Waals surface area contributed by atoms with Crippen molar-refractivity contribution in [2.45, 2.75) is 11.7 Å². The minimum absolute atomic E-state index is 0.0480. The Balaban J connectivity index is 2.64. The topological polar surface area (TPSA) is 69.9 Å². The van der Waals surface area contributed by atoms with Gasteiger partial charge in [0.1, 0.15) is 6.54 Å². The number of esters is 1. The molecule has 1 aromatic heterocycles. The van der Waals surface area contributed by atoms with Crippen LogP contribution in [0.1, 0.15) is 0 Å². The van der Waals surface area contributed by atoms with Gasteiger partial charge in [-0.25, -0.2) is 4.68 Å². The normalized spacial score (nSPS) is 10.0. The lowest BCUT2D eigenvalue weighted by Gasteiger charge is -2.00. The van der Waals surface area contributed by atoms with E-state index >= 15 is 0 Å². The largest absolute Gasteiger partial charge is 0.468 e. The fraction of sp³-hybridized carbons (Fsp3) is 0.600. The summed E-state index contributed by atoms with van der Waals surface area (Å²) in [5.74, 6) is -0.366. The molecule has 13 heavy (non-hydrogen) atoms. The molecule has 0 unspecified atom stereocenters. The van der Waals surface area contributed by atoms with Crippen LogP contribution in [0.4, 0.5) is 0 Å². The van der Waals surface area contributed by atoms with Crippen molar-refractivity contribution in [3.05, 3.63) is 0 Å². The van der Waals surface area contributed by atoms with E-state index in [2.05, 4.69) is 20.3 Å². The highest BCUT2D eigenvalue weighted by Crippen LogP contribution is 2.25. The number of nitrogens with zero attached hydrogens (tertiary/aromatic N) is 4. The summed E-state index contributed by atoms with van der Waals surface area (Å²) in [5, 5.41) is 11.4. The van der Waals surface area contributed by atoms with E-state index in [9.17, 15) is 4.79 Å². The lowest BCUT2D eigenvalue weighted by atomic mass is 10.7. The van der Waals surface area contributed by atoms with Crippen LogP contribution >= 0.6 is 21.6 Å². The van der Waals surface area contributed by atoms with Crippen molar-refractivity contribution < 1.29 is 9.53 Å². The first kappa shape index (κ1) is 10.3. The third kappa shape index (κ3) is 2.88. The molecule has 0 fully saturated rings. The van der Waals surface area contributed by atoms with Gasteiger partial charge in [0.15, 0.2) is 0 Å². The van der Waals surface area contributed by atoms with Crippen LogP contribution in [-0.4, -0.2) is 39.5 Å². The van der Waals surface area contributed by atoms with Gasteiger partial charge in [-0.1, -0.05) is 10.8 Å². The number of hydrogen-bond donors (Lipinski definition) is 0. The SMILES string of the molecule is COC(=O)Cn1nnnc1SSC. The predicted molar refractivity (Wildman–Crippen MR) is 49.2 cm³/mol. The van der Waals surface area contributed by atoms with Gasteiger partial charge in [0.25, 0.3) is 0 Å². The van der Waals surface area contributed by atoms with Gasteiger partial charge in [0.05, 0.1) is 7.11 Å². The third-order valence-electron chi connectivity index (χ3n) is 1.16. The Morgan fingerprint density at radius 3 is 3.08 bits per heavy atom. The molecule has 0 aliphatic carbocycles. The predicted octanol–water partition coefficient (Wildman–Crippen LogP) is 0.216. The van der Waals surface area contributed by atoms with E-state index in [1.165, 1.54) is 33.4 Å². The van der Waals surface area contributed by atoms with Crippen molar-refractivity contribution in [1.82, 2.24) is 20.2 Å². The highest BCUT2D eigenvalue weighted by atomic mass is 33.1. The Labute approximate surface area is 82.8 Å². The quantitative estimate of drug-likeness (QED) is 0.531. The highest BCUT2D eigenvalue weighted by molar-refractivity contribution is 8.76. The maximum Gasteiger partial charge on any atom is 0.327 e. The molecule has 0 aliphatic rings. The van der Waals surface area contributed by atoms with E-state index in [0.29, 0.717) is 5.16 Å². The zero-order valence-corrected chi connectivity index (χ0v) is 8.76. The summed E-state index contributed by atoms with van der Waals surface area (Å²) in [6, 6.07) is 0. The fourth-order valence-electron chi connectivity index (χ4n) is 0.617. The summed E-state index contributed by atoms with van der Waals surface area (Å²) < 4.78 is 5.88. The zero-order chi connectivity index (χ0) is 9.68. The van der Waals surface area contributed by atoms with Crippen LogP contribution in [0.5, 0.6) is 0 Å². The summed E-state index contributed by atoms with van der Waals surface area (Å²) in [6.07, 6.45) is 1.90. The van der Waals surface area contributed by atoms with Gasteiger partial charge in [-0.2, -0.15) is 0 Å². The number of aromatic nitrogens is 4. The zero-order valence-electron chi connectivity index (χ0n) is 7.13. The lowest BCUT2D eigenvalue weighted by Crippen LogP contribution is -2.13. The minimum Gasteiger partial charge on any atom is -0.468 e. The monoisotopic (exact) mass is 220 g/mol. The van der Waals surface area contributed by atoms with E-state index in [4.69, 9.17) is 0 Å². The maximum atomic E-state index is 10.9. The molecule has 0 bridgehead atoms. The Morgan fingerprint density at radius 1 is 1.69 bits per heavy atom. The van der Waals surface area contributed by atoms with E-state index in [1.807, 2.05) is 6.26 Å². The summed E-state index contributed by atoms with van der Waals surface area (Å²) >= 11 is 0. The highest BCUT2D eigenvalue weighted by Gasteiger charge is 2.10. The first-order valence-corrected chi connectivity index (χ1v) is 5.87. The second-order valence-corrected chi connectivity index (χ2v) is 4.31. The van der Waals surface area contributed by atoms with Gasteiger partial charge in [0, 0.05) is 0 Å². The number of methoxy groups -OCH3 is 1. The molecule has 72 valence electrons. The van der Waals surface area contributed by atoms with Crippen molar-refractivity contribution in [2.75, 3.05) is 13.4 Å². The third-order valence-corrected chi connectivity index (χ3v) is 2.72. The number of carbonyl (C=O) groups is 1. The van der Waals surface area contributed by atoms with Gasteiger partial charge in [-0.3, -0.25) is 4.79 Å². The van der Waals surface area contributed by atoms with Crippen LogP contribution in [0, 0.1) is 0 Å². The molecule has 0 saturated carbocycles. The summed E-state index contributed by atoms with van der Waals surface area (Å²) in [5.41, 5.74) is 0. The first-order chi connectivity index (χ1) is 6.27. The molecule has 1 heterocycles. The molecule has 0 saturated heterocycles. The van der Waals surface area contributed by atoms with Crippen molar-refractivity contribution in [1.29, 1.82) is 0 Å². The fourth-order valence-corrected chi connectivity index (χ4v) is 1.83. The van der Waals surface area contributed by atoms with Crippen LogP contribution in [0.3, 0.4) is 0 Å². The van der Waals surface area contributed by atoms with E-state index in [-0.39, 0.29) is 12.5 Å². The smallest absolute Gasteiger partial charge is 0.327 e. The van der Waals surface area contributed by atoms with Gasteiger partial charge >= 0.3 is 5.97 Å². The number of tetrazole rings is 1. The van der Waals surface area contributed by atoms with Crippen LogP contribution in [0.2, 0.25) is 0 Å². The molecule has 0 aromatic carbocycles. The molecular weight excluding hydrogens is 212 g/mol. The van der Waals surface area contributed by atoms with Crippen LogP contribution < -0.4 is 0 Å². The molecule has 0 spiro atoms. The van der Waals surface area contributed by atoms with Crippen molar-refractivity contribution >= 4 is 27.6 Å². The molecule has 1 aromatic rings. The van der Waals surface area contributed by atoms with Crippen molar-refractivity contribution in [2.24, 2.45) is 0 Å². The molecule has 1 rings (SSSR count). The Kier molecular flexibility index (Phi) is 4.03. The van der Waals surface area contributed by atoms with Crippen LogP contribution in [0.15, 0.2) is 5.16 Å². The molecule has 8 heteroatoms. The number of carbonyl (C=O) groups excluding carboxylic acids is 1. The Hall–Kier alpha value is -0.760. The van der Waals surface area contributed by atoms with E-state index < -0.39 is 0 Å². The van der Waals surface area contributed by atoms with Crippen molar-refractivity contribution in [3.63, 3.8) is 0 Å². The van der Waals surface area contributed by atoms with Crippen LogP contribution in [-0.2, 0) is 16.1 Å². The molecule has 0 aliphatic heterocycles. The molecular formula is C5H8N4O2S2. The van der Waals surface area contributed by atoms with Gasteiger partial charge < -0.3 is 4.74 Å². The average Bonchev–Trinajstić information content (AvgIpc) is 2.54. The second kappa shape index (κ2) is 5.07. The summed E-state index contributed by atoms with van der Waals surface area (Å²) in [6.45, 7) is 0.0480. The second-order valence-electron chi connectivity index (χ2n) is 1.95. The standard InChI is InChI=1S/C5H8N4O2S2/c1-11-4(10)3-9-5(13-12-2)6-7-8-9/h3H2,1-2H3. The first-order valence-electron chi connectivity index (χ1n) is 3.31. The summed E-state index contributed by atoms with van der Waals surface area (Å²) in [4.78, 5) is 10.9. The van der Waals surface area contributed by atoms with E-state index in [1.54, 1.807) is 0 Å². The Morgan fingerprint density at radius 2 is 2.46 bits per heavy atom. The van der Waals surface area contributed by atoms with E-state index in [0.717, 1.165) is 0 Å². The average molecular weight is 220 g/mol. The maximum absolute atomic E-state index is 10.9. The molecule has 0 radical (unpaired) electrons.